The van der Waals surface area contributed by atoms with E-state index in [-0.39, 0.29) is 5.04 Å². The van der Waals surface area contributed by atoms with Gasteiger partial charge in [0.15, 0.2) is 8.32 Å². The van der Waals surface area contributed by atoms with Gasteiger partial charge in [-0.05, 0) is 105 Å². The maximum Gasteiger partial charge on any atom is 0.192 e. The van der Waals surface area contributed by atoms with E-state index in [1.54, 1.807) is 5.57 Å². The van der Waals surface area contributed by atoms with E-state index in [1.807, 2.05) is 6.92 Å². The fraction of sp³-hybridized carbons (Fsp3) is 0.889. The Morgan fingerprint density at radius 3 is 2.45 bits per heavy atom. The average molecular weight is 446 g/mol. The summed E-state index contributed by atoms with van der Waals surface area (Å²) in [6.07, 6.45) is 13.2. The third-order valence-corrected chi connectivity index (χ3v) is 15.5. The molecule has 3 saturated carbocycles. The Bertz CT molecular complexity index is 766. The molecule has 3 nitrogen and oxygen atoms in total. The Balaban J connectivity index is 1.53. The van der Waals surface area contributed by atoms with Crippen LogP contribution >= 0.6 is 0 Å². The fourth-order valence-corrected chi connectivity index (χ4v) is 9.47. The maximum atomic E-state index is 9.45. The molecule has 0 heterocycles. The van der Waals surface area contributed by atoms with E-state index >= 15 is 0 Å². The van der Waals surface area contributed by atoms with Crippen LogP contribution in [0.15, 0.2) is 16.8 Å². The molecule has 4 aliphatic carbocycles. The Morgan fingerprint density at radius 2 is 1.81 bits per heavy atom. The largest absolute Gasteiger partial charge is 0.414 e. The second-order valence-corrected chi connectivity index (χ2v) is 18.2. The van der Waals surface area contributed by atoms with Gasteiger partial charge in [-0.25, -0.2) is 0 Å². The van der Waals surface area contributed by atoms with Crippen molar-refractivity contribution in [2.75, 3.05) is 0 Å². The summed E-state index contributed by atoms with van der Waals surface area (Å²) in [7, 11) is -1.72. The molecular formula is C27H47NO2Si. The number of hydrogen-bond acceptors (Lipinski definition) is 3. The van der Waals surface area contributed by atoms with E-state index in [0.717, 1.165) is 29.9 Å². The summed E-state index contributed by atoms with van der Waals surface area (Å²) < 4.78 is 6.87. The highest BCUT2D eigenvalue weighted by molar-refractivity contribution is 6.74. The summed E-state index contributed by atoms with van der Waals surface area (Å²) in [6.45, 7) is 19.0. The van der Waals surface area contributed by atoms with Crippen molar-refractivity contribution in [3.05, 3.63) is 11.6 Å². The van der Waals surface area contributed by atoms with Gasteiger partial charge < -0.3 is 9.63 Å². The third-order valence-electron chi connectivity index (χ3n) is 11.0. The van der Waals surface area contributed by atoms with Crippen LogP contribution in [0.5, 0.6) is 0 Å². The summed E-state index contributed by atoms with van der Waals surface area (Å²) in [5.41, 5.74) is 3.37. The van der Waals surface area contributed by atoms with Crippen LogP contribution in [-0.4, -0.2) is 25.3 Å². The molecule has 31 heavy (non-hydrogen) atoms. The summed E-state index contributed by atoms with van der Waals surface area (Å²) in [5, 5.41) is 13.4. The highest BCUT2D eigenvalue weighted by Gasteiger charge is 2.59. The molecule has 0 saturated heterocycles. The van der Waals surface area contributed by atoms with Crippen LogP contribution < -0.4 is 0 Å². The number of fused-ring (bicyclic) bond motifs is 5. The molecule has 4 heteroatoms. The topological polar surface area (TPSA) is 41.8 Å². The van der Waals surface area contributed by atoms with E-state index in [0.29, 0.717) is 22.9 Å². The number of oxime groups is 1. The van der Waals surface area contributed by atoms with Crippen LogP contribution in [0.4, 0.5) is 0 Å². The first-order valence-electron chi connectivity index (χ1n) is 12.9. The monoisotopic (exact) mass is 445 g/mol. The van der Waals surface area contributed by atoms with Crippen LogP contribution in [0.2, 0.25) is 18.1 Å². The third kappa shape index (κ3) is 3.68. The molecule has 0 aromatic rings. The second kappa shape index (κ2) is 7.72. The van der Waals surface area contributed by atoms with Crippen LogP contribution in [0.1, 0.15) is 92.9 Å². The highest BCUT2D eigenvalue weighted by Crippen LogP contribution is 2.66. The summed E-state index contributed by atoms with van der Waals surface area (Å²) in [4.78, 5) is 0. The maximum absolute atomic E-state index is 9.45. The first kappa shape index (κ1) is 23.5. The van der Waals surface area contributed by atoms with Crippen molar-refractivity contribution in [1.82, 2.24) is 0 Å². The molecule has 0 radical (unpaired) electrons. The minimum Gasteiger partial charge on any atom is -0.414 e. The van der Waals surface area contributed by atoms with E-state index in [1.165, 1.54) is 44.9 Å². The van der Waals surface area contributed by atoms with Gasteiger partial charge in [0.25, 0.3) is 0 Å². The van der Waals surface area contributed by atoms with Crippen molar-refractivity contribution in [2.45, 2.75) is 117 Å². The number of rotatable bonds is 3. The molecule has 0 spiro atoms. The van der Waals surface area contributed by atoms with Crippen LogP contribution in [0.25, 0.3) is 0 Å². The van der Waals surface area contributed by atoms with Crippen molar-refractivity contribution in [2.24, 2.45) is 39.7 Å². The van der Waals surface area contributed by atoms with Gasteiger partial charge in [0.2, 0.25) is 0 Å². The van der Waals surface area contributed by atoms with E-state index in [2.05, 4.69) is 58.9 Å². The molecule has 0 aliphatic heterocycles. The number of hydrogen-bond donors (Lipinski definition) is 1. The molecular weight excluding hydrogens is 398 g/mol. The predicted octanol–water partition coefficient (Wildman–Crippen LogP) is 7.81. The molecule has 7 atom stereocenters. The Kier molecular flexibility index (Phi) is 5.86. The molecule has 0 bridgehead atoms. The number of allylic oxidation sites excluding steroid dienone is 1. The Labute approximate surface area is 192 Å². The van der Waals surface area contributed by atoms with Crippen molar-refractivity contribution in [1.29, 1.82) is 0 Å². The lowest BCUT2D eigenvalue weighted by molar-refractivity contribution is -0.0415. The van der Waals surface area contributed by atoms with Crippen LogP contribution in [0.3, 0.4) is 0 Å². The Hall–Kier alpha value is -0.613. The zero-order chi connectivity index (χ0) is 22.8. The van der Waals surface area contributed by atoms with Crippen molar-refractivity contribution < 1.29 is 9.63 Å². The lowest BCUT2D eigenvalue weighted by atomic mass is 9.47. The van der Waals surface area contributed by atoms with Gasteiger partial charge in [0, 0.05) is 12.0 Å². The molecule has 0 aromatic heterocycles. The molecule has 0 unspecified atom stereocenters. The Morgan fingerprint density at radius 1 is 1.10 bits per heavy atom. The van der Waals surface area contributed by atoms with Crippen molar-refractivity contribution >= 4 is 14.0 Å². The molecule has 4 aliphatic rings. The molecule has 1 N–H and O–H groups in total. The van der Waals surface area contributed by atoms with E-state index in [4.69, 9.17) is 4.43 Å². The molecule has 4 rings (SSSR count). The second-order valence-electron chi connectivity index (χ2n) is 13.4. The molecule has 0 amide bonds. The summed E-state index contributed by atoms with van der Waals surface area (Å²) >= 11 is 0. The van der Waals surface area contributed by atoms with Gasteiger partial charge in [-0.15, -0.1) is 0 Å². The van der Waals surface area contributed by atoms with Gasteiger partial charge in [-0.3, -0.25) is 0 Å². The van der Waals surface area contributed by atoms with Crippen LogP contribution in [-0.2, 0) is 4.43 Å². The van der Waals surface area contributed by atoms with Crippen LogP contribution in [0, 0.1) is 34.5 Å². The normalized spacial score (nSPS) is 43.7. The first-order chi connectivity index (χ1) is 14.3. The summed E-state index contributed by atoms with van der Waals surface area (Å²) in [5.74, 6) is 2.88. The van der Waals surface area contributed by atoms with E-state index in [9.17, 15) is 5.21 Å². The van der Waals surface area contributed by atoms with Crippen molar-refractivity contribution in [3.8, 4) is 0 Å². The molecule has 0 aromatic carbocycles. The highest BCUT2D eigenvalue weighted by atomic mass is 28.4. The first-order valence-corrected chi connectivity index (χ1v) is 15.8. The quantitative estimate of drug-likeness (QED) is 0.158. The van der Waals surface area contributed by atoms with E-state index < -0.39 is 8.32 Å². The zero-order valence-electron chi connectivity index (χ0n) is 21.4. The summed E-state index contributed by atoms with van der Waals surface area (Å²) in [6, 6.07) is 0. The van der Waals surface area contributed by atoms with Crippen molar-refractivity contribution in [3.63, 3.8) is 0 Å². The minimum absolute atomic E-state index is 0.280. The predicted molar refractivity (Wildman–Crippen MR) is 132 cm³/mol. The fourth-order valence-electron chi connectivity index (χ4n) is 8.08. The van der Waals surface area contributed by atoms with Gasteiger partial charge in [-0.1, -0.05) is 51.4 Å². The standard InChI is InChI=1S/C27H47NO2Si/c1-18(28-29)22-11-12-23-21-10-9-19-17-20(30-31(7,8)25(2,3)4)13-15-26(19,5)24(21)14-16-27(22,23)6/h9,20-24,29H,10-17H2,1-8H3/b28-18+/t20-,21-,22+,23-,24-,26-,27+/m0/s1. The smallest absolute Gasteiger partial charge is 0.192 e. The molecule has 3 fully saturated rings. The van der Waals surface area contributed by atoms with Gasteiger partial charge in [0.05, 0.1) is 5.71 Å². The van der Waals surface area contributed by atoms with Gasteiger partial charge in [0.1, 0.15) is 0 Å². The van der Waals surface area contributed by atoms with Gasteiger partial charge >= 0.3 is 0 Å². The molecule has 176 valence electrons. The zero-order valence-corrected chi connectivity index (χ0v) is 22.4. The van der Waals surface area contributed by atoms with Gasteiger partial charge in [-0.2, -0.15) is 0 Å². The lowest BCUT2D eigenvalue weighted by Crippen LogP contribution is -2.52. The average Bonchev–Trinajstić information content (AvgIpc) is 3.04. The lowest BCUT2D eigenvalue weighted by Gasteiger charge is -2.58. The minimum atomic E-state index is -1.72. The number of nitrogens with zero attached hydrogens (tertiary/aromatic N) is 1. The SMILES string of the molecule is C/C(=N\O)[C@H]1CC[C@H]2[C@@H]3CC=C4C[C@@H](O[Si](C)(C)C(C)(C)C)CC[C@]4(C)[C@H]3CC[C@]12C.